The molecule has 3 nitrogen and oxygen atoms in total. The molecule has 1 N–H and O–H groups in total. The second-order valence-electron chi connectivity index (χ2n) is 6.07. The predicted octanol–water partition coefficient (Wildman–Crippen LogP) is 2.72. The second-order valence-corrected chi connectivity index (χ2v) is 6.07. The van der Waals surface area contributed by atoms with Crippen molar-refractivity contribution >= 4 is 5.69 Å². The van der Waals surface area contributed by atoms with Crippen molar-refractivity contribution in [3.05, 3.63) is 29.8 Å². The van der Waals surface area contributed by atoms with Gasteiger partial charge in [0.1, 0.15) is 0 Å². The van der Waals surface area contributed by atoms with Gasteiger partial charge < -0.3 is 10.2 Å². The van der Waals surface area contributed by atoms with Gasteiger partial charge in [0.2, 0.25) is 0 Å². The van der Waals surface area contributed by atoms with E-state index in [1.54, 1.807) is 0 Å². The van der Waals surface area contributed by atoms with E-state index < -0.39 is 0 Å². The number of piperazine rings is 1. The van der Waals surface area contributed by atoms with Crippen LogP contribution in [0.1, 0.15) is 32.8 Å². The van der Waals surface area contributed by atoms with Crippen molar-refractivity contribution in [1.29, 1.82) is 0 Å². The summed E-state index contributed by atoms with van der Waals surface area (Å²) in [7, 11) is 2.24. The third kappa shape index (κ3) is 3.53. The molecule has 1 aromatic carbocycles. The maximum Gasteiger partial charge on any atom is 0.0412 e. The van der Waals surface area contributed by atoms with Gasteiger partial charge in [0.05, 0.1) is 0 Å². The summed E-state index contributed by atoms with van der Waals surface area (Å²) >= 11 is 0. The van der Waals surface area contributed by atoms with Crippen LogP contribution < -0.4 is 10.2 Å². The number of anilines is 1. The fourth-order valence-electron chi connectivity index (χ4n) is 2.97. The summed E-state index contributed by atoms with van der Waals surface area (Å²) in [5.74, 6) is 0. The van der Waals surface area contributed by atoms with Crippen molar-refractivity contribution in [2.45, 2.75) is 45.8 Å². The van der Waals surface area contributed by atoms with Crippen molar-refractivity contribution in [3.8, 4) is 0 Å². The molecule has 0 amide bonds. The van der Waals surface area contributed by atoms with Gasteiger partial charge in [-0.15, -0.1) is 0 Å². The first kappa shape index (κ1) is 15.3. The van der Waals surface area contributed by atoms with E-state index >= 15 is 0 Å². The quantitative estimate of drug-likeness (QED) is 0.834. The molecule has 112 valence electrons. The highest BCUT2D eigenvalue weighted by atomic mass is 15.3. The smallest absolute Gasteiger partial charge is 0.0412 e. The first-order valence-electron chi connectivity index (χ1n) is 7.89. The second kappa shape index (κ2) is 7.09. The zero-order chi connectivity index (χ0) is 14.5. The van der Waals surface area contributed by atoms with Gasteiger partial charge in [-0.3, -0.25) is 4.90 Å². The molecular formula is C17H29N3. The molecule has 1 heterocycles. The van der Waals surface area contributed by atoms with Gasteiger partial charge in [0, 0.05) is 37.4 Å². The van der Waals surface area contributed by atoms with Gasteiger partial charge in [-0.1, -0.05) is 25.1 Å². The Kier molecular flexibility index (Phi) is 5.44. The van der Waals surface area contributed by atoms with E-state index in [1.165, 1.54) is 17.7 Å². The average molecular weight is 275 g/mol. The van der Waals surface area contributed by atoms with E-state index in [0.29, 0.717) is 12.1 Å². The van der Waals surface area contributed by atoms with Crippen LogP contribution in [0.3, 0.4) is 0 Å². The van der Waals surface area contributed by atoms with Gasteiger partial charge in [0.25, 0.3) is 0 Å². The molecule has 0 bridgehead atoms. The molecule has 0 aliphatic carbocycles. The molecule has 0 radical (unpaired) electrons. The molecule has 1 aliphatic rings. The van der Waals surface area contributed by atoms with Crippen LogP contribution in [-0.2, 0) is 6.54 Å². The normalized spacial score (nSPS) is 24.1. The maximum absolute atomic E-state index is 3.52. The Morgan fingerprint density at radius 1 is 1.15 bits per heavy atom. The minimum atomic E-state index is 0.607. The average Bonchev–Trinajstić information content (AvgIpc) is 2.45. The zero-order valence-electron chi connectivity index (χ0n) is 13.4. The summed E-state index contributed by atoms with van der Waals surface area (Å²) in [6.45, 7) is 11.1. The fourth-order valence-corrected chi connectivity index (χ4v) is 2.97. The Bertz CT molecular complexity index is 406. The highest BCUT2D eigenvalue weighted by Crippen LogP contribution is 2.25. The molecule has 2 unspecified atom stereocenters. The van der Waals surface area contributed by atoms with Crippen LogP contribution in [0, 0.1) is 0 Å². The lowest BCUT2D eigenvalue weighted by Gasteiger charge is -2.44. The van der Waals surface area contributed by atoms with Crippen molar-refractivity contribution in [1.82, 2.24) is 10.2 Å². The van der Waals surface area contributed by atoms with Crippen molar-refractivity contribution in [3.63, 3.8) is 0 Å². The van der Waals surface area contributed by atoms with Crippen LogP contribution in [0.15, 0.2) is 24.3 Å². The minimum absolute atomic E-state index is 0.607. The van der Waals surface area contributed by atoms with E-state index in [1.807, 2.05) is 0 Å². The first-order chi connectivity index (χ1) is 9.63. The van der Waals surface area contributed by atoms with Gasteiger partial charge in [0.15, 0.2) is 0 Å². The Morgan fingerprint density at radius 3 is 2.45 bits per heavy atom. The lowest BCUT2D eigenvalue weighted by molar-refractivity contribution is 0.170. The van der Waals surface area contributed by atoms with Gasteiger partial charge in [-0.05, 0) is 45.5 Å². The molecule has 1 fully saturated rings. The summed E-state index contributed by atoms with van der Waals surface area (Å²) in [6.07, 6.45) is 1.19. The van der Waals surface area contributed by atoms with Crippen molar-refractivity contribution < 1.29 is 0 Å². The highest BCUT2D eigenvalue weighted by molar-refractivity contribution is 5.54. The molecule has 0 aromatic heterocycles. The van der Waals surface area contributed by atoms with E-state index in [-0.39, 0.29) is 0 Å². The van der Waals surface area contributed by atoms with Gasteiger partial charge in [-0.2, -0.15) is 0 Å². The lowest BCUT2D eigenvalue weighted by atomic mass is 10.1. The number of para-hydroxylation sites is 1. The number of nitrogens with one attached hydrogen (secondary N) is 1. The van der Waals surface area contributed by atoms with Gasteiger partial charge >= 0.3 is 0 Å². The Morgan fingerprint density at radius 2 is 1.80 bits per heavy atom. The summed E-state index contributed by atoms with van der Waals surface area (Å²) < 4.78 is 0. The van der Waals surface area contributed by atoms with Crippen LogP contribution >= 0.6 is 0 Å². The molecule has 2 atom stereocenters. The van der Waals surface area contributed by atoms with Crippen LogP contribution in [0.2, 0.25) is 0 Å². The van der Waals surface area contributed by atoms with Crippen LogP contribution in [-0.4, -0.2) is 43.7 Å². The predicted molar refractivity (Wildman–Crippen MR) is 87.3 cm³/mol. The van der Waals surface area contributed by atoms with E-state index in [2.05, 4.69) is 67.2 Å². The summed E-state index contributed by atoms with van der Waals surface area (Å²) in [5.41, 5.74) is 2.83. The van der Waals surface area contributed by atoms with E-state index in [4.69, 9.17) is 0 Å². The maximum atomic E-state index is 3.52. The molecule has 2 rings (SSSR count). The molecule has 0 saturated carbocycles. The standard InChI is InChI=1S/C17H29N3/c1-5-10-18-11-16-8-6-7-9-17(16)20-12-14(2)19(4)15(3)13-20/h6-9,14-15,18H,5,10-13H2,1-4H3. The number of rotatable bonds is 5. The van der Waals surface area contributed by atoms with E-state index in [0.717, 1.165) is 26.2 Å². The van der Waals surface area contributed by atoms with Crippen LogP contribution in [0.5, 0.6) is 0 Å². The third-order valence-electron chi connectivity index (χ3n) is 4.43. The number of hydrogen-bond acceptors (Lipinski definition) is 3. The number of hydrogen-bond donors (Lipinski definition) is 1. The Hall–Kier alpha value is -1.06. The fraction of sp³-hybridized carbons (Fsp3) is 0.647. The molecule has 1 saturated heterocycles. The minimum Gasteiger partial charge on any atom is -0.368 e. The largest absolute Gasteiger partial charge is 0.368 e. The van der Waals surface area contributed by atoms with Crippen molar-refractivity contribution in [2.24, 2.45) is 0 Å². The number of likely N-dealkylation sites (N-methyl/N-ethyl adjacent to an activating group) is 1. The molecule has 0 spiro atoms. The third-order valence-corrected chi connectivity index (χ3v) is 4.43. The molecule has 1 aromatic rings. The first-order valence-corrected chi connectivity index (χ1v) is 7.89. The summed E-state index contributed by atoms with van der Waals surface area (Å²) in [6, 6.07) is 10.0. The summed E-state index contributed by atoms with van der Waals surface area (Å²) in [5, 5.41) is 3.52. The monoisotopic (exact) mass is 275 g/mol. The van der Waals surface area contributed by atoms with Gasteiger partial charge in [-0.25, -0.2) is 0 Å². The number of nitrogens with zero attached hydrogens (tertiary/aromatic N) is 2. The Balaban J connectivity index is 2.11. The zero-order valence-corrected chi connectivity index (χ0v) is 13.4. The highest BCUT2D eigenvalue weighted by Gasteiger charge is 2.27. The lowest BCUT2D eigenvalue weighted by Crippen LogP contribution is -2.55. The molecular weight excluding hydrogens is 246 g/mol. The van der Waals surface area contributed by atoms with E-state index in [9.17, 15) is 0 Å². The molecule has 1 aliphatic heterocycles. The Labute approximate surface area is 124 Å². The SMILES string of the molecule is CCCNCc1ccccc1N1CC(C)N(C)C(C)C1. The summed E-state index contributed by atoms with van der Waals surface area (Å²) in [4.78, 5) is 5.03. The topological polar surface area (TPSA) is 18.5 Å². The van der Waals surface area contributed by atoms with Crippen LogP contribution in [0.25, 0.3) is 0 Å². The van der Waals surface area contributed by atoms with Crippen LogP contribution in [0.4, 0.5) is 5.69 Å². The molecule has 3 heteroatoms. The van der Waals surface area contributed by atoms with Crippen molar-refractivity contribution in [2.75, 3.05) is 31.6 Å². The molecule has 20 heavy (non-hydrogen) atoms. The number of benzene rings is 1.